The van der Waals surface area contributed by atoms with E-state index < -0.39 is 16.0 Å². The Hall–Kier alpha value is -2.91. The number of esters is 1. The van der Waals surface area contributed by atoms with Crippen molar-refractivity contribution in [3.8, 4) is 0 Å². The number of ether oxygens (including phenoxy) is 1. The molecule has 1 amide bonds. The molecule has 154 valence electrons. The molecule has 3 rings (SSSR count). The number of carbonyl (C=O) groups excluding carboxylic acids is 2. The number of hydrogen-bond donors (Lipinski definition) is 2. The summed E-state index contributed by atoms with van der Waals surface area (Å²) >= 11 is 0. The third-order valence-corrected chi connectivity index (χ3v) is 6.53. The predicted molar refractivity (Wildman–Crippen MR) is 109 cm³/mol. The van der Waals surface area contributed by atoms with Crippen LogP contribution in [0.25, 0.3) is 0 Å². The molecule has 1 fully saturated rings. The standard InChI is InChI=1S/C20H23N3O5S/c1-28-20(25)17-6-2-3-7-18(17)22-19(24)14-21-15-8-10-16(11-9-15)29(26,27)23-12-4-5-13-23/h2-3,6-11,21H,4-5,12-14H2,1H3,(H,22,24). The molecule has 2 N–H and O–H groups in total. The Labute approximate surface area is 169 Å². The number of para-hydroxylation sites is 1. The lowest BCUT2D eigenvalue weighted by Crippen LogP contribution is -2.27. The van der Waals surface area contributed by atoms with Crippen LogP contribution >= 0.6 is 0 Å². The Balaban J connectivity index is 1.59. The first-order valence-corrected chi connectivity index (χ1v) is 10.7. The molecule has 2 aromatic carbocycles. The Morgan fingerprint density at radius 1 is 1.03 bits per heavy atom. The van der Waals surface area contributed by atoms with Crippen molar-refractivity contribution >= 4 is 33.3 Å². The van der Waals surface area contributed by atoms with E-state index in [1.807, 2.05) is 0 Å². The fourth-order valence-corrected chi connectivity index (χ4v) is 4.60. The van der Waals surface area contributed by atoms with Gasteiger partial charge in [-0.05, 0) is 49.2 Å². The van der Waals surface area contributed by atoms with Crippen molar-refractivity contribution in [2.45, 2.75) is 17.7 Å². The number of methoxy groups -OCH3 is 1. The van der Waals surface area contributed by atoms with Gasteiger partial charge in [0.15, 0.2) is 0 Å². The van der Waals surface area contributed by atoms with E-state index >= 15 is 0 Å². The fourth-order valence-electron chi connectivity index (χ4n) is 3.08. The normalized spacial score (nSPS) is 14.4. The minimum atomic E-state index is -3.46. The van der Waals surface area contributed by atoms with Crippen molar-refractivity contribution in [3.63, 3.8) is 0 Å². The number of sulfonamides is 1. The highest BCUT2D eigenvalue weighted by Gasteiger charge is 2.26. The van der Waals surface area contributed by atoms with E-state index in [9.17, 15) is 18.0 Å². The van der Waals surface area contributed by atoms with Crippen LogP contribution < -0.4 is 10.6 Å². The third kappa shape index (κ3) is 4.93. The van der Waals surface area contributed by atoms with Gasteiger partial charge in [0.2, 0.25) is 15.9 Å². The lowest BCUT2D eigenvalue weighted by molar-refractivity contribution is -0.114. The molecule has 1 heterocycles. The smallest absolute Gasteiger partial charge is 0.339 e. The molecule has 1 saturated heterocycles. The number of rotatable bonds is 7. The van der Waals surface area contributed by atoms with Crippen molar-refractivity contribution in [2.24, 2.45) is 0 Å². The quantitative estimate of drug-likeness (QED) is 0.670. The molecule has 0 atom stereocenters. The number of hydrogen-bond acceptors (Lipinski definition) is 6. The van der Waals surface area contributed by atoms with Gasteiger partial charge in [-0.1, -0.05) is 12.1 Å². The van der Waals surface area contributed by atoms with Crippen molar-refractivity contribution in [1.29, 1.82) is 0 Å². The summed E-state index contributed by atoms with van der Waals surface area (Å²) in [6.45, 7) is 1.05. The van der Waals surface area contributed by atoms with Gasteiger partial charge in [0.05, 0.1) is 29.8 Å². The van der Waals surface area contributed by atoms with Crippen molar-refractivity contribution in [2.75, 3.05) is 37.4 Å². The van der Waals surface area contributed by atoms with E-state index in [0.717, 1.165) is 12.8 Å². The van der Waals surface area contributed by atoms with Crippen LogP contribution in [0.15, 0.2) is 53.4 Å². The van der Waals surface area contributed by atoms with Crippen molar-refractivity contribution < 1.29 is 22.7 Å². The highest BCUT2D eigenvalue weighted by Crippen LogP contribution is 2.22. The lowest BCUT2D eigenvalue weighted by Gasteiger charge is -2.16. The summed E-state index contributed by atoms with van der Waals surface area (Å²) in [7, 11) is -2.19. The largest absolute Gasteiger partial charge is 0.465 e. The number of carbonyl (C=O) groups is 2. The zero-order chi connectivity index (χ0) is 20.9. The maximum Gasteiger partial charge on any atom is 0.339 e. The molecular weight excluding hydrogens is 394 g/mol. The number of nitrogens with zero attached hydrogens (tertiary/aromatic N) is 1. The van der Waals surface area contributed by atoms with E-state index in [1.165, 1.54) is 23.5 Å². The highest BCUT2D eigenvalue weighted by atomic mass is 32.2. The zero-order valence-corrected chi connectivity index (χ0v) is 16.9. The molecule has 1 aliphatic heterocycles. The van der Waals surface area contributed by atoms with E-state index in [1.54, 1.807) is 36.4 Å². The molecule has 0 spiro atoms. The van der Waals surface area contributed by atoms with Gasteiger partial charge < -0.3 is 15.4 Å². The second-order valence-electron chi connectivity index (χ2n) is 6.57. The van der Waals surface area contributed by atoms with Crippen LogP contribution in [-0.2, 0) is 19.6 Å². The lowest BCUT2D eigenvalue weighted by atomic mass is 10.2. The van der Waals surface area contributed by atoms with Gasteiger partial charge in [-0.3, -0.25) is 4.79 Å². The molecule has 0 bridgehead atoms. The maximum atomic E-state index is 12.5. The second kappa shape index (κ2) is 9.06. The first-order chi connectivity index (χ1) is 13.9. The molecule has 9 heteroatoms. The van der Waals surface area contributed by atoms with Crippen LogP contribution in [0.3, 0.4) is 0 Å². The predicted octanol–water partition coefficient (Wildman–Crippen LogP) is 2.31. The van der Waals surface area contributed by atoms with Gasteiger partial charge in [-0.25, -0.2) is 13.2 Å². The number of benzene rings is 2. The molecular formula is C20H23N3O5S. The van der Waals surface area contributed by atoms with E-state index in [0.29, 0.717) is 24.5 Å². The average molecular weight is 417 g/mol. The van der Waals surface area contributed by atoms with Crippen LogP contribution in [-0.4, -0.2) is 51.3 Å². The summed E-state index contributed by atoms with van der Waals surface area (Å²) in [5, 5.41) is 5.60. The molecule has 0 radical (unpaired) electrons. The van der Waals surface area contributed by atoms with Crippen LogP contribution in [0.1, 0.15) is 23.2 Å². The Kier molecular flexibility index (Phi) is 6.50. The molecule has 2 aromatic rings. The molecule has 29 heavy (non-hydrogen) atoms. The molecule has 0 aromatic heterocycles. The summed E-state index contributed by atoms with van der Waals surface area (Å²) in [5.74, 6) is -0.890. The molecule has 0 unspecified atom stereocenters. The highest BCUT2D eigenvalue weighted by molar-refractivity contribution is 7.89. The summed E-state index contributed by atoms with van der Waals surface area (Å²) in [5.41, 5.74) is 1.24. The first kappa shape index (κ1) is 20.8. The third-order valence-electron chi connectivity index (χ3n) is 4.62. The number of anilines is 2. The van der Waals surface area contributed by atoms with Crippen LogP contribution in [0, 0.1) is 0 Å². The molecule has 0 aliphatic carbocycles. The monoisotopic (exact) mass is 417 g/mol. The van der Waals surface area contributed by atoms with Gasteiger partial charge >= 0.3 is 5.97 Å². The van der Waals surface area contributed by atoms with Crippen LogP contribution in [0.2, 0.25) is 0 Å². The van der Waals surface area contributed by atoms with Crippen LogP contribution in [0.5, 0.6) is 0 Å². The Morgan fingerprint density at radius 3 is 2.34 bits per heavy atom. The van der Waals surface area contributed by atoms with Gasteiger partial charge in [0.1, 0.15) is 0 Å². The fraction of sp³-hybridized carbons (Fsp3) is 0.300. The Bertz CT molecular complexity index is 983. The SMILES string of the molecule is COC(=O)c1ccccc1NC(=O)CNc1ccc(S(=O)(=O)N2CCCC2)cc1. The van der Waals surface area contributed by atoms with Crippen molar-refractivity contribution in [1.82, 2.24) is 4.31 Å². The van der Waals surface area contributed by atoms with Gasteiger partial charge in [0.25, 0.3) is 0 Å². The van der Waals surface area contributed by atoms with E-state index in [4.69, 9.17) is 4.74 Å². The number of amides is 1. The van der Waals surface area contributed by atoms with Gasteiger partial charge in [-0.2, -0.15) is 4.31 Å². The molecule has 0 saturated carbocycles. The van der Waals surface area contributed by atoms with Crippen LogP contribution in [0.4, 0.5) is 11.4 Å². The minimum Gasteiger partial charge on any atom is -0.465 e. The van der Waals surface area contributed by atoms with E-state index in [-0.39, 0.29) is 22.9 Å². The average Bonchev–Trinajstić information content (AvgIpc) is 3.28. The summed E-state index contributed by atoms with van der Waals surface area (Å²) in [4.78, 5) is 24.2. The first-order valence-electron chi connectivity index (χ1n) is 9.23. The molecule has 1 aliphatic rings. The van der Waals surface area contributed by atoms with Gasteiger partial charge in [-0.15, -0.1) is 0 Å². The Morgan fingerprint density at radius 2 is 1.69 bits per heavy atom. The molecule has 8 nitrogen and oxygen atoms in total. The topological polar surface area (TPSA) is 105 Å². The second-order valence-corrected chi connectivity index (χ2v) is 8.51. The summed E-state index contributed by atoms with van der Waals surface area (Å²) in [6, 6.07) is 12.9. The number of nitrogens with one attached hydrogen (secondary N) is 2. The minimum absolute atomic E-state index is 0.0479. The summed E-state index contributed by atoms with van der Waals surface area (Å²) < 4.78 is 31.3. The van der Waals surface area contributed by atoms with Crippen molar-refractivity contribution in [3.05, 3.63) is 54.1 Å². The van der Waals surface area contributed by atoms with Gasteiger partial charge in [0, 0.05) is 18.8 Å². The van der Waals surface area contributed by atoms with E-state index in [2.05, 4.69) is 10.6 Å². The zero-order valence-electron chi connectivity index (χ0n) is 16.1. The maximum absolute atomic E-state index is 12.5. The summed E-state index contributed by atoms with van der Waals surface area (Å²) in [6.07, 6.45) is 1.76.